The number of aliphatic carboxylic acids is 1. The van der Waals surface area contributed by atoms with E-state index < -0.39 is 18.1 Å². The van der Waals surface area contributed by atoms with Gasteiger partial charge in [-0.15, -0.1) is 0 Å². The van der Waals surface area contributed by atoms with Gasteiger partial charge in [0.25, 0.3) is 0 Å². The number of carboxylic acid groups (broad SMARTS) is 1. The second-order valence-electron chi connectivity index (χ2n) is 6.54. The van der Waals surface area contributed by atoms with Crippen LogP contribution in [0.5, 0.6) is 0 Å². The summed E-state index contributed by atoms with van der Waals surface area (Å²) in [4.78, 5) is 24.6. The molecule has 17 heavy (non-hydrogen) atoms. The van der Waals surface area contributed by atoms with Gasteiger partial charge in [0.1, 0.15) is 6.04 Å². The van der Waals surface area contributed by atoms with Gasteiger partial charge in [0, 0.05) is 12.0 Å². The number of hydrogen-bond acceptors (Lipinski definition) is 3. The fraction of sp³-hybridized carbons (Fsp3) is 0.833. The molecule has 1 saturated heterocycles. The molecule has 5 nitrogen and oxygen atoms in total. The van der Waals surface area contributed by atoms with E-state index in [1.807, 2.05) is 34.6 Å². The summed E-state index contributed by atoms with van der Waals surface area (Å²) < 4.78 is 0. The molecule has 1 amide bonds. The molecule has 3 N–H and O–H groups in total. The highest BCUT2D eigenvalue weighted by Gasteiger charge is 2.53. The third-order valence-corrected chi connectivity index (χ3v) is 3.35. The van der Waals surface area contributed by atoms with Crippen molar-refractivity contribution in [2.75, 3.05) is 6.54 Å². The van der Waals surface area contributed by atoms with Crippen LogP contribution in [0.25, 0.3) is 0 Å². The van der Waals surface area contributed by atoms with Gasteiger partial charge in [0.15, 0.2) is 0 Å². The molecular formula is C12H22N2O3. The molecule has 2 atom stereocenters. The van der Waals surface area contributed by atoms with Gasteiger partial charge in [-0.3, -0.25) is 4.79 Å². The van der Waals surface area contributed by atoms with Gasteiger partial charge in [-0.2, -0.15) is 0 Å². The van der Waals surface area contributed by atoms with Gasteiger partial charge in [-0.05, 0) is 5.41 Å². The molecule has 5 heteroatoms. The van der Waals surface area contributed by atoms with Gasteiger partial charge >= 0.3 is 5.97 Å². The van der Waals surface area contributed by atoms with Crippen molar-refractivity contribution < 1.29 is 14.7 Å². The molecule has 0 spiro atoms. The molecule has 0 unspecified atom stereocenters. The number of nitrogens with two attached hydrogens (primary N) is 1. The van der Waals surface area contributed by atoms with Crippen LogP contribution in [0, 0.1) is 10.8 Å². The third-order valence-electron chi connectivity index (χ3n) is 3.35. The summed E-state index contributed by atoms with van der Waals surface area (Å²) in [6.07, 6.45) is 0. The van der Waals surface area contributed by atoms with Gasteiger partial charge in [0.05, 0.1) is 6.04 Å². The fourth-order valence-electron chi connectivity index (χ4n) is 2.15. The normalized spacial score (nSPS) is 25.1. The minimum atomic E-state index is -0.962. The number of hydrogen-bond donors (Lipinski definition) is 2. The summed E-state index contributed by atoms with van der Waals surface area (Å²) in [5, 5.41) is 9.14. The Morgan fingerprint density at radius 3 is 2.18 bits per heavy atom. The van der Waals surface area contributed by atoms with E-state index in [2.05, 4.69) is 0 Å². The van der Waals surface area contributed by atoms with E-state index in [1.54, 1.807) is 0 Å². The molecule has 0 saturated carbocycles. The Balaban J connectivity index is 2.83. The Hall–Kier alpha value is -1.10. The van der Waals surface area contributed by atoms with E-state index in [4.69, 9.17) is 10.8 Å². The smallest absolute Gasteiger partial charge is 0.327 e. The maximum atomic E-state index is 12.1. The number of carbonyl (C=O) groups is 2. The third kappa shape index (κ3) is 2.44. The number of rotatable bonds is 2. The zero-order valence-corrected chi connectivity index (χ0v) is 11.2. The maximum absolute atomic E-state index is 12.1. The summed E-state index contributed by atoms with van der Waals surface area (Å²) in [7, 11) is 0. The summed E-state index contributed by atoms with van der Waals surface area (Å²) in [5.74, 6) is -1.24. The van der Waals surface area contributed by atoms with Crippen molar-refractivity contribution >= 4 is 11.9 Å². The van der Waals surface area contributed by atoms with Crippen LogP contribution in [0.3, 0.4) is 0 Å². The number of likely N-dealkylation sites (tertiary alicyclic amines) is 1. The van der Waals surface area contributed by atoms with Crippen LogP contribution in [-0.4, -0.2) is 40.5 Å². The lowest BCUT2D eigenvalue weighted by Gasteiger charge is -2.53. The standard InChI is InChI=1S/C12H22N2O3/c1-11(2,3)7(13)9(15)14-6-12(4,5)8(14)10(16)17/h7-8H,6,13H2,1-5H3,(H,16,17)/t7-,8-/m1/s1. The molecule has 98 valence electrons. The first-order valence-corrected chi connectivity index (χ1v) is 5.77. The first-order chi connectivity index (χ1) is 7.48. The van der Waals surface area contributed by atoms with Crippen LogP contribution in [0.4, 0.5) is 0 Å². The van der Waals surface area contributed by atoms with Crippen LogP contribution < -0.4 is 5.73 Å². The lowest BCUT2D eigenvalue weighted by atomic mass is 9.73. The first-order valence-electron chi connectivity index (χ1n) is 5.77. The molecule has 0 radical (unpaired) electrons. The Morgan fingerprint density at radius 2 is 1.88 bits per heavy atom. The summed E-state index contributed by atoms with van der Waals surface area (Å²) in [6.45, 7) is 9.76. The van der Waals surface area contributed by atoms with E-state index in [0.717, 1.165) is 0 Å². The molecule has 0 aromatic heterocycles. The van der Waals surface area contributed by atoms with Crippen molar-refractivity contribution in [1.82, 2.24) is 4.90 Å². The van der Waals surface area contributed by atoms with Crippen molar-refractivity contribution in [3.05, 3.63) is 0 Å². The summed E-state index contributed by atoms with van der Waals surface area (Å²) in [5.41, 5.74) is 5.13. The molecule has 0 aromatic carbocycles. The van der Waals surface area contributed by atoms with E-state index in [9.17, 15) is 9.59 Å². The second-order valence-corrected chi connectivity index (χ2v) is 6.54. The predicted molar refractivity (Wildman–Crippen MR) is 64.3 cm³/mol. The Labute approximate surface area is 102 Å². The summed E-state index contributed by atoms with van der Waals surface area (Å²) >= 11 is 0. The Kier molecular flexibility index (Phi) is 3.27. The number of carbonyl (C=O) groups excluding carboxylic acids is 1. The quantitative estimate of drug-likeness (QED) is 0.746. The van der Waals surface area contributed by atoms with Gasteiger partial charge in [0.2, 0.25) is 5.91 Å². The van der Waals surface area contributed by atoms with Gasteiger partial charge in [-0.1, -0.05) is 34.6 Å². The highest BCUT2D eigenvalue weighted by Crippen LogP contribution is 2.38. The minimum Gasteiger partial charge on any atom is -0.480 e. The molecular weight excluding hydrogens is 220 g/mol. The monoisotopic (exact) mass is 242 g/mol. The van der Waals surface area contributed by atoms with Crippen molar-refractivity contribution in [3.8, 4) is 0 Å². The molecule has 1 rings (SSSR count). The predicted octanol–water partition coefficient (Wildman–Crippen LogP) is 0.681. The first kappa shape index (κ1) is 14.0. The van der Waals surface area contributed by atoms with Crippen molar-refractivity contribution in [2.24, 2.45) is 16.6 Å². The number of nitrogens with zero attached hydrogens (tertiary/aromatic N) is 1. The molecule has 1 aliphatic rings. The summed E-state index contributed by atoms with van der Waals surface area (Å²) in [6, 6.07) is -1.43. The zero-order valence-electron chi connectivity index (χ0n) is 11.2. The van der Waals surface area contributed by atoms with Crippen LogP contribution in [0.2, 0.25) is 0 Å². The van der Waals surface area contributed by atoms with Crippen molar-refractivity contribution in [1.29, 1.82) is 0 Å². The highest BCUT2D eigenvalue weighted by molar-refractivity contribution is 5.89. The highest BCUT2D eigenvalue weighted by atomic mass is 16.4. The van der Waals surface area contributed by atoms with E-state index in [-0.39, 0.29) is 16.7 Å². The number of carboxylic acids is 1. The topological polar surface area (TPSA) is 83.6 Å². The molecule has 0 bridgehead atoms. The minimum absolute atomic E-state index is 0.274. The average molecular weight is 242 g/mol. The van der Waals surface area contributed by atoms with E-state index in [0.29, 0.717) is 6.54 Å². The van der Waals surface area contributed by atoms with Crippen LogP contribution in [0.15, 0.2) is 0 Å². The molecule has 0 aromatic rings. The number of amides is 1. The Bertz CT molecular complexity index is 344. The largest absolute Gasteiger partial charge is 0.480 e. The second kappa shape index (κ2) is 3.98. The fourth-order valence-corrected chi connectivity index (χ4v) is 2.15. The maximum Gasteiger partial charge on any atom is 0.327 e. The SMILES string of the molecule is CC(C)(C)[C@H](N)C(=O)N1CC(C)(C)[C@H]1C(=O)O. The lowest BCUT2D eigenvalue weighted by molar-refractivity contribution is -0.173. The average Bonchev–Trinajstić information content (AvgIpc) is 2.09. The van der Waals surface area contributed by atoms with Crippen molar-refractivity contribution in [2.45, 2.75) is 46.7 Å². The molecule has 0 aliphatic carbocycles. The van der Waals surface area contributed by atoms with Crippen LogP contribution in [-0.2, 0) is 9.59 Å². The van der Waals surface area contributed by atoms with Gasteiger partial charge < -0.3 is 15.7 Å². The van der Waals surface area contributed by atoms with E-state index in [1.165, 1.54) is 4.90 Å². The van der Waals surface area contributed by atoms with Crippen molar-refractivity contribution in [3.63, 3.8) is 0 Å². The van der Waals surface area contributed by atoms with Gasteiger partial charge in [-0.25, -0.2) is 4.79 Å². The lowest BCUT2D eigenvalue weighted by Crippen LogP contribution is -2.70. The molecule has 1 heterocycles. The van der Waals surface area contributed by atoms with Crippen LogP contribution >= 0.6 is 0 Å². The molecule has 1 fully saturated rings. The zero-order chi connectivity index (χ0) is 13.6. The van der Waals surface area contributed by atoms with E-state index >= 15 is 0 Å². The Morgan fingerprint density at radius 1 is 1.41 bits per heavy atom. The molecule has 1 aliphatic heterocycles. The van der Waals surface area contributed by atoms with Crippen LogP contribution in [0.1, 0.15) is 34.6 Å².